The minimum absolute atomic E-state index is 0.819. The van der Waals surface area contributed by atoms with Crippen LogP contribution in [0.2, 0.25) is 0 Å². The van der Waals surface area contributed by atoms with E-state index in [0.29, 0.717) is 0 Å². The lowest BCUT2D eigenvalue weighted by atomic mass is 10.2. The minimum Gasteiger partial charge on any atom is -0.315 e. The Balaban J connectivity index is 1.85. The molecule has 0 bridgehead atoms. The predicted molar refractivity (Wildman–Crippen MR) is 45.5 cm³/mol. The van der Waals surface area contributed by atoms with E-state index in [1.807, 2.05) is 0 Å². The van der Waals surface area contributed by atoms with Crippen LogP contribution in [0.3, 0.4) is 0 Å². The van der Waals surface area contributed by atoms with Crippen molar-refractivity contribution < 1.29 is 0 Å². The third-order valence-corrected chi connectivity index (χ3v) is 2.74. The van der Waals surface area contributed by atoms with Gasteiger partial charge in [-0.15, -0.1) is 0 Å². The summed E-state index contributed by atoms with van der Waals surface area (Å²) in [6.45, 7) is 6.10. The van der Waals surface area contributed by atoms with Crippen LogP contribution in [0.15, 0.2) is 0 Å². The van der Waals surface area contributed by atoms with Crippen molar-refractivity contribution in [3.05, 3.63) is 0 Å². The van der Waals surface area contributed by atoms with Gasteiger partial charge in [0.25, 0.3) is 0 Å². The maximum absolute atomic E-state index is 3.40. The van der Waals surface area contributed by atoms with Gasteiger partial charge in [0.05, 0.1) is 6.67 Å². The Hall–Kier alpha value is -0.120. The van der Waals surface area contributed by atoms with Crippen LogP contribution in [0.4, 0.5) is 0 Å². The van der Waals surface area contributed by atoms with E-state index in [4.69, 9.17) is 0 Å². The van der Waals surface area contributed by atoms with E-state index in [1.54, 1.807) is 0 Å². The molecule has 2 fully saturated rings. The van der Waals surface area contributed by atoms with E-state index in [9.17, 15) is 0 Å². The Bertz CT molecular complexity index is 131. The van der Waals surface area contributed by atoms with Crippen LogP contribution in [-0.4, -0.2) is 55.7 Å². The van der Waals surface area contributed by atoms with E-state index in [1.165, 1.54) is 39.3 Å². The van der Waals surface area contributed by atoms with E-state index < -0.39 is 0 Å². The standard InChI is InChI=1S/C8H17N3/c1-10-4-5-11(7-10)8-2-3-9-6-8/h8-9H,2-7H2,1H3. The fourth-order valence-corrected chi connectivity index (χ4v) is 2.00. The van der Waals surface area contributed by atoms with E-state index in [-0.39, 0.29) is 0 Å². The molecule has 2 aliphatic heterocycles. The number of hydrogen-bond donors (Lipinski definition) is 1. The van der Waals surface area contributed by atoms with Crippen molar-refractivity contribution in [2.45, 2.75) is 12.5 Å². The summed E-state index contributed by atoms with van der Waals surface area (Å²) in [4.78, 5) is 4.97. The van der Waals surface area contributed by atoms with Gasteiger partial charge in [0.2, 0.25) is 0 Å². The molecule has 1 unspecified atom stereocenters. The van der Waals surface area contributed by atoms with Crippen LogP contribution in [0, 0.1) is 0 Å². The number of likely N-dealkylation sites (N-methyl/N-ethyl adjacent to an activating group) is 1. The van der Waals surface area contributed by atoms with Crippen molar-refractivity contribution in [3.63, 3.8) is 0 Å². The minimum atomic E-state index is 0.819. The Labute approximate surface area is 68.4 Å². The first-order chi connectivity index (χ1) is 5.36. The zero-order chi connectivity index (χ0) is 7.68. The van der Waals surface area contributed by atoms with Gasteiger partial charge in [-0.1, -0.05) is 0 Å². The van der Waals surface area contributed by atoms with Gasteiger partial charge in [0, 0.05) is 25.7 Å². The van der Waals surface area contributed by atoms with Crippen molar-refractivity contribution in [2.24, 2.45) is 0 Å². The van der Waals surface area contributed by atoms with Crippen molar-refractivity contribution in [1.29, 1.82) is 0 Å². The van der Waals surface area contributed by atoms with Gasteiger partial charge in [-0.05, 0) is 20.0 Å². The molecular formula is C8H17N3. The second-order valence-corrected chi connectivity index (χ2v) is 3.68. The summed E-state index contributed by atoms with van der Waals surface area (Å²) in [6, 6.07) is 0.819. The molecule has 11 heavy (non-hydrogen) atoms. The van der Waals surface area contributed by atoms with Gasteiger partial charge < -0.3 is 5.32 Å². The molecule has 0 aliphatic carbocycles. The van der Waals surface area contributed by atoms with Gasteiger partial charge in [-0.3, -0.25) is 9.80 Å². The lowest BCUT2D eigenvalue weighted by Gasteiger charge is -2.21. The molecule has 3 nitrogen and oxygen atoms in total. The van der Waals surface area contributed by atoms with Gasteiger partial charge in [-0.25, -0.2) is 0 Å². The second-order valence-electron chi connectivity index (χ2n) is 3.68. The van der Waals surface area contributed by atoms with Crippen molar-refractivity contribution in [1.82, 2.24) is 15.1 Å². The number of hydrogen-bond acceptors (Lipinski definition) is 3. The van der Waals surface area contributed by atoms with Gasteiger partial charge >= 0.3 is 0 Å². The zero-order valence-corrected chi connectivity index (χ0v) is 7.21. The van der Waals surface area contributed by atoms with Crippen molar-refractivity contribution in [2.75, 3.05) is 39.9 Å². The van der Waals surface area contributed by atoms with Gasteiger partial charge in [-0.2, -0.15) is 0 Å². The molecule has 0 aromatic rings. The van der Waals surface area contributed by atoms with Crippen LogP contribution in [0.1, 0.15) is 6.42 Å². The second kappa shape index (κ2) is 3.09. The molecule has 0 saturated carbocycles. The summed E-state index contributed by atoms with van der Waals surface area (Å²) in [7, 11) is 2.20. The summed E-state index contributed by atoms with van der Waals surface area (Å²) in [5.41, 5.74) is 0. The molecule has 2 heterocycles. The Morgan fingerprint density at radius 1 is 1.36 bits per heavy atom. The number of nitrogens with one attached hydrogen (secondary N) is 1. The molecule has 0 amide bonds. The predicted octanol–water partition coefficient (Wildman–Crippen LogP) is -0.447. The molecule has 0 aromatic heterocycles. The third-order valence-electron chi connectivity index (χ3n) is 2.74. The lowest BCUT2D eigenvalue weighted by Crippen LogP contribution is -2.35. The quantitative estimate of drug-likeness (QED) is 0.553. The molecule has 1 atom stereocenters. The fourth-order valence-electron chi connectivity index (χ4n) is 2.00. The van der Waals surface area contributed by atoms with Crippen LogP contribution in [-0.2, 0) is 0 Å². The van der Waals surface area contributed by atoms with Crippen molar-refractivity contribution in [3.8, 4) is 0 Å². The molecule has 0 spiro atoms. The Morgan fingerprint density at radius 3 is 2.82 bits per heavy atom. The maximum atomic E-state index is 3.40. The third kappa shape index (κ3) is 1.55. The molecule has 2 aliphatic rings. The summed E-state index contributed by atoms with van der Waals surface area (Å²) >= 11 is 0. The number of rotatable bonds is 1. The molecule has 1 N–H and O–H groups in total. The smallest absolute Gasteiger partial charge is 0.0507 e. The zero-order valence-electron chi connectivity index (χ0n) is 7.21. The van der Waals surface area contributed by atoms with Crippen LogP contribution < -0.4 is 5.32 Å². The van der Waals surface area contributed by atoms with Crippen molar-refractivity contribution >= 4 is 0 Å². The molecule has 0 aromatic carbocycles. The van der Waals surface area contributed by atoms with Gasteiger partial charge in [0.1, 0.15) is 0 Å². The fraction of sp³-hybridized carbons (Fsp3) is 1.00. The summed E-state index contributed by atoms with van der Waals surface area (Å²) in [6.07, 6.45) is 1.34. The molecule has 2 saturated heterocycles. The molecule has 3 heteroatoms. The highest BCUT2D eigenvalue weighted by Gasteiger charge is 2.26. The Morgan fingerprint density at radius 2 is 2.27 bits per heavy atom. The summed E-state index contributed by atoms with van der Waals surface area (Å²) in [5.74, 6) is 0. The molecular weight excluding hydrogens is 138 g/mol. The average Bonchev–Trinajstić information content (AvgIpc) is 2.55. The summed E-state index contributed by atoms with van der Waals surface area (Å²) in [5, 5.41) is 3.40. The first kappa shape index (κ1) is 7.53. The molecule has 2 rings (SSSR count). The first-order valence-electron chi connectivity index (χ1n) is 4.49. The average molecular weight is 155 g/mol. The van der Waals surface area contributed by atoms with E-state index in [0.717, 1.165) is 6.04 Å². The largest absolute Gasteiger partial charge is 0.315 e. The highest BCUT2D eigenvalue weighted by molar-refractivity contribution is 4.83. The monoisotopic (exact) mass is 155 g/mol. The maximum Gasteiger partial charge on any atom is 0.0507 e. The van der Waals surface area contributed by atoms with Crippen LogP contribution in [0.25, 0.3) is 0 Å². The lowest BCUT2D eigenvalue weighted by molar-refractivity contribution is 0.218. The Kier molecular flexibility index (Phi) is 2.11. The summed E-state index contributed by atoms with van der Waals surface area (Å²) < 4.78 is 0. The van der Waals surface area contributed by atoms with E-state index >= 15 is 0 Å². The first-order valence-corrected chi connectivity index (χ1v) is 4.49. The number of nitrogens with zero attached hydrogens (tertiary/aromatic N) is 2. The van der Waals surface area contributed by atoms with E-state index in [2.05, 4.69) is 22.2 Å². The molecule has 0 radical (unpaired) electrons. The van der Waals surface area contributed by atoms with Gasteiger partial charge in [0.15, 0.2) is 0 Å². The SMILES string of the molecule is CN1CCN(C2CCNC2)C1. The highest BCUT2D eigenvalue weighted by atomic mass is 15.4. The molecule has 64 valence electrons. The topological polar surface area (TPSA) is 18.5 Å². The normalized spacial score (nSPS) is 35.2. The highest BCUT2D eigenvalue weighted by Crippen LogP contribution is 2.12. The van der Waals surface area contributed by atoms with Crippen LogP contribution in [0.5, 0.6) is 0 Å². The van der Waals surface area contributed by atoms with Crippen LogP contribution >= 0.6 is 0 Å².